The number of rotatable bonds is 6. The summed E-state index contributed by atoms with van der Waals surface area (Å²) in [7, 11) is 0. The van der Waals surface area contributed by atoms with Crippen LogP contribution >= 0.6 is 11.3 Å². The first-order chi connectivity index (χ1) is 24.6. The molecule has 0 atom stereocenters. The van der Waals surface area contributed by atoms with Crippen molar-refractivity contribution >= 4 is 42.7 Å². The maximum atomic E-state index is 5.13. The van der Waals surface area contributed by atoms with Crippen molar-refractivity contribution in [3.05, 3.63) is 168 Å². The van der Waals surface area contributed by atoms with Crippen molar-refractivity contribution in [2.45, 2.75) is 44.4 Å². The third-order valence-electron chi connectivity index (χ3n) is 11.0. The Bertz CT molecular complexity index is 2420. The van der Waals surface area contributed by atoms with E-state index in [0.717, 1.165) is 33.9 Å². The van der Waals surface area contributed by atoms with Crippen molar-refractivity contribution in [2.75, 3.05) is 0 Å². The molecule has 0 aliphatic heterocycles. The Kier molecular flexibility index (Phi) is 7.66. The van der Waals surface area contributed by atoms with Crippen molar-refractivity contribution in [1.29, 1.82) is 0 Å². The lowest BCUT2D eigenvalue weighted by atomic mass is 9.67. The van der Waals surface area contributed by atoms with E-state index < -0.39 is 0 Å². The summed E-state index contributed by atoms with van der Waals surface area (Å²) in [6, 6.07) is 45.8. The minimum absolute atomic E-state index is 0.146. The van der Waals surface area contributed by atoms with Gasteiger partial charge < -0.3 is 0 Å². The van der Waals surface area contributed by atoms with E-state index in [1.54, 1.807) is 0 Å². The molecule has 2 heterocycles. The summed E-state index contributed by atoms with van der Waals surface area (Å²) in [6.07, 6.45) is 10.6. The first kappa shape index (κ1) is 30.7. The van der Waals surface area contributed by atoms with Crippen LogP contribution in [0.5, 0.6) is 0 Å². The van der Waals surface area contributed by atoms with Gasteiger partial charge in [-0.15, -0.1) is 11.3 Å². The smallest absolute Gasteiger partial charge is 0.160 e. The third-order valence-corrected chi connectivity index (χ3v) is 12.1. The number of hydrogen-bond donors (Lipinski definition) is 0. The molecule has 242 valence electrons. The third kappa shape index (κ3) is 5.07. The second kappa shape index (κ2) is 12.5. The van der Waals surface area contributed by atoms with Gasteiger partial charge in [0.15, 0.2) is 5.82 Å². The van der Waals surface area contributed by atoms with Gasteiger partial charge >= 0.3 is 0 Å². The minimum Gasteiger partial charge on any atom is -0.228 e. The highest BCUT2D eigenvalue weighted by molar-refractivity contribution is 7.25. The van der Waals surface area contributed by atoms with Crippen molar-refractivity contribution < 1.29 is 0 Å². The Morgan fingerprint density at radius 2 is 1.30 bits per heavy atom. The van der Waals surface area contributed by atoms with Gasteiger partial charge in [0.1, 0.15) is 0 Å². The topological polar surface area (TPSA) is 25.8 Å². The van der Waals surface area contributed by atoms with Crippen LogP contribution in [0.25, 0.3) is 65.2 Å². The highest BCUT2D eigenvalue weighted by atomic mass is 32.1. The molecule has 2 aromatic heterocycles. The monoisotopic (exact) mass is 662 g/mol. The molecular weight excluding hydrogens is 625 g/mol. The van der Waals surface area contributed by atoms with Gasteiger partial charge in [0.25, 0.3) is 0 Å². The van der Waals surface area contributed by atoms with Crippen LogP contribution in [-0.4, -0.2) is 9.97 Å². The number of aromatic nitrogens is 2. The van der Waals surface area contributed by atoms with E-state index in [4.69, 9.17) is 9.97 Å². The van der Waals surface area contributed by atoms with Gasteiger partial charge in [0, 0.05) is 42.3 Å². The molecule has 3 heteroatoms. The summed E-state index contributed by atoms with van der Waals surface area (Å²) in [5, 5.41) is 2.53. The zero-order valence-electron chi connectivity index (χ0n) is 28.3. The maximum Gasteiger partial charge on any atom is 0.160 e. The van der Waals surface area contributed by atoms with Crippen LogP contribution in [0, 0.1) is 0 Å². The Morgan fingerprint density at radius 3 is 2.04 bits per heavy atom. The van der Waals surface area contributed by atoms with Gasteiger partial charge in [-0.05, 0) is 77.9 Å². The molecule has 1 spiro atoms. The van der Waals surface area contributed by atoms with Crippen molar-refractivity contribution in [2.24, 2.45) is 0 Å². The Morgan fingerprint density at radius 1 is 0.660 bits per heavy atom. The minimum atomic E-state index is 0.146. The van der Waals surface area contributed by atoms with Gasteiger partial charge in [0.05, 0.1) is 11.4 Å². The van der Waals surface area contributed by atoms with Gasteiger partial charge in [0.2, 0.25) is 0 Å². The van der Waals surface area contributed by atoms with E-state index in [-0.39, 0.29) is 5.41 Å². The van der Waals surface area contributed by atoms with E-state index in [0.29, 0.717) is 0 Å². The average Bonchev–Trinajstić information content (AvgIpc) is 3.66. The SMILES string of the molecule is C=C/C=C(\C1=C(C)C2(CCCCC2)c2ccccc21)c1ccc2sc3ccc(-c4cc(-c5ccccc5)nc(-c5ccccc5)n4)cc3c2c1. The summed E-state index contributed by atoms with van der Waals surface area (Å²) in [6.45, 7) is 6.58. The van der Waals surface area contributed by atoms with Gasteiger partial charge in [-0.1, -0.05) is 141 Å². The van der Waals surface area contributed by atoms with Crippen molar-refractivity contribution in [3.8, 4) is 33.9 Å². The lowest BCUT2D eigenvalue weighted by Gasteiger charge is -2.36. The fraction of sp³-hybridized carbons (Fsp3) is 0.149. The number of hydrogen-bond acceptors (Lipinski definition) is 3. The van der Waals surface area contributed by atoms with Crippen LogP contribution in [0.1, 0.15) is 55.7 Å². The maximum absolute atomic E-state index is 5.13. The van der Waals surface area contributed by atoms with E-state index in [2.05, 4.69) is 123 Å². The Hall–Kier alpha value is -5.38. The molecule has 50 heavy (non-hydrogen) atoms. The van der Waals surface area contributed by atoms with Crippen LogP contribution in [0.3, 0.4) is 0 Å². The standard InChI is InChI=1S/C47H38N2S/c1-3-15-36(45-31(2)47(26-13-6-14-27-47)40-21-12-11-20-37(40)45)34-22-24-43-38(28-34)39-29-35(23-25-44(39)50-43)42-30-41(32-16-7-4-8-17-32)48-46(49-42)33-18-9-5-10-19-33/h3-5,7-12,15-25,28-30H,1,6,13-14,26-27H2,2H3/b36-15-. The molecule has 0 amide bonds. The fourth-order valence-electron chi connectivity index (χ4n) is 8.52. The molecule has 2 aliphatic rings. The predicted octanol–water partition coefficient (Wildman–Crippen LogP) is 13.1. The number of nitrogens with zero attached hydrogens (tertiary/aromatic N) is 2. The van der Waals surface area contributed by atoms with Crippen LogP contribution in [0.15, 0.2) is 152 Å². The summed E-state index contributed by atoms with van der Waals surface area (Å²) in [4.78, 5) is 10.1. The van der Waals surface area contributed by atoms with Crippen molar-refractivity contribution in [1.82, 2.24) is 9.97 Å². The molecule has 9 rings (SSSR count). The number of benzene rings is 5. The normalized spacial score (nSPS) is 15.6. The first-order valence-electron chi connectivity index (χ1n) is 17.7. The summed E-state index contributed by atoms with van der Waals surface area (Å²) >= 11 is 1.85. The summed E-state index contributed by atoms with van der Waals surface area (Å²) in [5.74, 6) is 0.731. The zero-order chi connectivity index (χ0) is 33.7. The van der Waals surface area contributed by atoms with E-state index >= 15 is 0 Å². The average molecular weight is 663 g/mol. The molecule has 1 saturated carbocycles. The van der Waals surface area contributed by atoms with Crippen LogP contribution in [0.2, 0.25) is 0 Å². The molecule has 1 fully saturated rings. The quantitative estimate of drug-likeness (QED) is 0.166. The van der Waals surface area contributed by atoms with Gasteiger partial charge in [-0.25, -0.2) is 9.97 Å². The molecule has 0 unspecified atom stereocenters. The van der Waals surface area contributed by atoms with Gasteiger partial charge in [-0.3, -0.25) is 0 Å². The molecule has 5 aromatic carbocycles. The molecule has 0 N–H and O–H groups in total. The summed E-state index contributed by atoms with van der Waals surface area (Å²) in [5.41, 5.74) is 13.5. The number of fused-ring (bicyclic) bond motifs is 5. The van der Waals surface area contributed by atoms with Crippen LogP contribution < -0.4 is 0 Å². The Labute approximate surface area is 298 Å². The predicted molar refractivity (Wildman–Crippen MR) is 213 cm³/mol. The van der Waals surface area contributed by atoms with E-state index in [1.165, 1.54) is 85.7 Å². The molecule has 0 radical (unpaired) electrons. The van der Waals surface area contributed by atoms with Crippen LogP contribution in [-0.2, 0) is 5.41 Å². The summed E-state index contributed by atoms with van der Waals surface area (Å²) < 4.78 is 2.57. The van der Waals surface area contributed by atoms with Gasteiger partial charge in [-0.2, -0.15) is 0 Å². The molecule has 0 saturated heterocycles. The molecule has 2 aliphatic carbocycles. The lowest BCUT2D eigenvalue weighted by molar-refractivity contribution is 0.345. The van der Waals surface area contributed by atoms with Crippen molar-refractivity contribution in [3.63, 3.8) is 0 Å². The molecule has 2 nitrogen and oxygen atoms in total. The lowest BCUT2D eigenvalue weighted by Crippen LogP contribution is -2.28. The van der Waals surface area contributed by atoms with E-state index in [1.807, 2.05) is 41.7 Å². The molecular formula is C47H38N2S. The second-order valence-electron chi connectivity index (χ2n) is 13.7. The van der Waals surface area contributed by atoms with Crippen LogP contribution in [0.4, 0.5) is 0 Å². The highest BCUT2D eigenvalue weighted by Gasteiger charge is 2.44. The van der Waals surface area contributed by atoms with E-state index in [9.17, 15) is 0 Å². The second-order valence-corrected chi connectivity index (χ2v) is 14.8. The molecule has 0 bridgehead atoms. The fourth-order valence-corrected chi connectivity index (χ4v) is 9.59. The highest BCUT2D eigenvalue weighted by Crippen LogP contribution is 2.57. The first-order valence-corrected chi connectivity index (χ1v) is 18.6. The zero-order valence-corrected chi connectivity index (χ0v) is 29.1. The number of allylic oxidation sites excluding steroid dienone is 5. The largest absolute Gasteiger partial charge is 0.228 e. The molecule has 7 aromatic rings. The number of thiophene rings is 1. The Balaban J connectivity index is 1.19.